The number of carbonyl (C=O) groups is 1. The molecule has 2 N–H and O–H groups in total. The van der Waals surface area contributed by atoms with Gasteiger partial charge in [-0.3, -0.25) is 9.78 Å². The van der Waals surface area contributed by atoms with E-state index in [1.807, 2.05) is 12.1 Å². The van der Waals surface area contributed by atoms with Crippen LogP contribution in [0.4, 0.5) is 5.69 Å². The lowest BCUT2D eigenvalue weighted by atomic mass is 10.2. The molecule has 1 amide bonds. The van der Waals surface area contributed by atoms with Crippen LogP contribution in [0.25, 0.3) is 11.1 Å². The maximum atomic E-state index is 12.7. The maximum Gasteiger partial charge on any atom is 0.417 e. The minimum Gasteiger partial charge on any atom is -0.438 e. The van der Waals surface area contributed by atoms with Crippen LogP contribution in [0.3, 0.4) is 0 Å². The van der Waals surface area contributed by atoms with E-state index in [1.165, 1.54) is 0 Å². The molecule has 0 spiro atoms. The van der Waals surface area contributed by atoms with Gasteiger partial charge in [0.2, 0.25) is 5.88 Å². The summed E-state index contributed by atoms with van der Waals surface area (Å²) in [6.07, 6.45) is 1.55. The standard InChI is InChI=1S/C19H12BrN3O4/c20-11-3-6-13(7-4-11)26-18-14(2-1-9-21-18)17(24)22-12-5-8-16-15(10-12)23-19(25)27-16/h1-10H,(H,22,24)(H,23,25). The van der Waals surface area contributed by atoms with Crippen LogP contribution in [0, 0.1) is 0 Å². The number of anilines is 1. The molecule has 0 unspecified atom stereocenters. The van der Waals surface area contributed by atoms with E-state index in [-0.39, 0.29) is 17.4 Å². The number of H-pyrrole nitrogens is 1. The first-order valence-electron chi connectivity index (χ1n) is 7.91. The Labute approximate surface area is 161 Å². The maximum absolute atomic E-state index is 12.7. The molecule has 0 aliphatic rings. The number of ether oxygens (including phenoxy) is 1. The molecular formula is C19H12BrN3O4. The number of aromatic amines is 1. The van der Waals surface area contributed by atoms with Gasteiger partial charge >= 0.3 is 5.76 Å². The second-order valence-corrected chi connectivity index (χ2v) is 6.51. The van der Waals surface area contributed by atoms with Gasteiger partial charge in [-0.2, -0.15) is 0 Å². The van der Waals surface area contributed by atoms with E-state index in [4.69, 9.17) is 9.15 Å². The Bertz CT molecular complexity index is 1180. The highest BCUT2D eigenvalue weighted by molar-refractivity contribution is 9.10. The van der Waals surface area contributed by atoms with E-state index in [9.17, 15) is 9.59 Å². The van der Waals surface area contributed by atoms with E-state index >= 15 is 0 Å². The number of fused-ring (bicyclic) bond motifs is 1. The lowest BCUT2D eigenvalue weighted by molar-refractivity contribution is 0.102. The predicted octanol–water partition coefficient (Wildman–Crippen LogP) is 4.32. The molecule has 7 nitrogen and oxygen atoms in total. The van der Waals surface area contributed by atoms with Gasteiger partial charge in [0, 0.05) is 16.4 Å². The first-order chi connectivity index (χ1) is 13.1. The van der Waals surface area contributed by atoms with Crippen LogP contribution in [0.2, 0.25) is 0 Å². The first-order valence-corrected chi connectivity index (χ1v) is 8.70. The summed E-state index contributed by atoms with van der Waals surface area (Å²) in [7, 11) is 0. The number of amides is 1. The fourth-order valence-electron chi connectivity index (χ4n) is 2.49. The Morgan fingerprint density at radius 1 is 1.15 bits per heavy atom. The molecule has 2 aromatic carbocycles. The van der Waals surface area contributed by atoms with Crippen molar-refractivity contribution >= 4 is 38.6 Å². The van der Waals surface area contributed by atoms with E-state index in [0.29, 0.717) is 22.5 Å². The van der Waals surface area contributed by atoms with Crippen molar-refractivity contribution in [2.75, 3.05) is 5.32 Å². The number of hydrogen-bond acceptors (Lipinski definition) is 5. The van der Waals surface area contributed by atoms with Crippen molar-refractivity contribution in [1.82, 2.24) is 9.97 Å². The summed E-state index contributed by atoms with van der Waals surface area (Å²) in [6, 6.07) is 15.3. The Balaban J connectivity index is 1.59. The molecule has 134 valence electrons. The summed E-state index contributed by atoms with van der Waals surface area (Å²) in [5, 5.41) is 2.76. The average molecular weight is 426 g/mol. The number of aromatic nitrogens is 2. The minimum atomic E-state index is -0.550. The van der Waals surface area contributed by atoms with Crippen molar-refractivity contribution in [3.8, 4) is 11.6 Å². The van der Waals surface area contributed by atoms with Crippen LogP contribution in [0.15, 0.2) is 74.5 Å². The van der Waals surface area contributed by atoms with Gasteiger partial charge in [-0.05, 0) is 54.6 Å². The monoisotopic (exact) mass is 425 g/mol. The van der Waals surface area contributed by atoms with Gasteiger partial charge in [0.1, 0.15) is 11.3 Å². The average Bonchev–Trinajstić information content (AvgIpc) is 3.03. The molecule has 0 saturated heterocycles. The molecule has 2 heterocycles. The third-order valence-electron chi connectivity index (χ3n) is 3.72. The van der Waals surface area contributed by atoms with Gasteiger partial charge < -0.3 is 14.5 Å². The number of halogens is 1. The highest BCUT2D eigenvalue weighted by Gasteiger charge is 2.15. The smallest absolute Gasteiger partial charge is 0.417 e. The zero-order valence-electron chi connectivity index (χ0n) is 13.7. The Hall–Kier alpha value is -3.39. The Morgan fingerprint density at radius 2 is 1.96 bits per heavy atom. The predicted molar refractivity (Wildman–Crippen MR) is 103 cm³/mol. The molecule has 0 aliphatic heterocycles. The molecule has 27 heavy (non-hydrogen) atoms. The number of oxazole rings is 1. The molecule has 4 aromatic rings. The molecule has 4 rings (SSSR count). The fraction of sp³-hybridized carbons (Fsp3) is 0. The quantitative estimate of drug-likeness (QED) is 0.507. The largest absolute Gasteiger partial charge is 0.438 e. The van der Waals surface area contributed by atoms with Crippen molar-refractivity contribution in [3.63, 3.8) is 0 Å². The fourth-order valence-corrected chi connectivity index (χ4v) is 2.75. The van der Waals surface area contributed by atoms with Crippen LogP contribution in [-0.2, 0) is 0 Å². The van der Waals surface area contributed by atoms with Gasteiger partial charge in [-0.15, -0.1) is 0 Å². The van der Waals surface area contributed by atoms with Crippen molar-refractivity contribution in [2.24, 2.45) is 0 Å². The highest BCUT2D eigenvalue weighted by Crippen LogP contribution is 2.25. The molecular weight excluding hydrogens is 414 g/mol. The summed E-state index contributed by atoms with van der Waals surface area (Å²) >= 11 is 3.36. The summed E-state index contributed by atoms with van der Waals surface area (Å²) in [6.45, 7) is 0. The van der Waals surface area contributed by atoms with Gasteiger partial charge in [-0.25, -0.2) is 9.78 Å². The summed E-state index contributed by atoms with van der Waals surface area (Å²) in [4.78, 5) is 30.6. The number of rotatable bonds is 4. The number of nitrogens with one attached hydrogen (secondary N) is 2. The molecule has 0 atom stereocenters. The van der Waals surface area contributed by atoms with E-state index < -0.39 is 5.76 Å². The molecule has 2 aromatic heterocycles. The molecule has 0 fully saturated rings. The number of benzene rings is 2. The van der Waals surface area contributed by atoms with E-state index in [1.54, 1.807) is 48.7 Å². The van der Waals surface area contributed by atoms with Gasteiger partial charge in [0.05, 0.1) is 5.52 Å². The van der Waals surface area contributed by atoms with Gasteiger partial charge in [0.25, 0.3) is 5.91 Å². The zero-order valence-corrected chi connectivity index (χ0v) is 15.3. The highest BCUT2D eigenvalue weighted by atomic mass is 79.9. The minimum absolute atomic E-state index is 0.190. The van der Waals surface area contributed by atoms with Gasteiger partial charge in [-0.1, -0.05) is 15.9 Å². The van der Waals surface area contributed by atoms with Crippen LogP contribution >= 0.6 is 15.9 Å². The number of nitrogens with zero attached hydrogens (tertiary/aromatic N) is 1. The van der Waals surface area contributed by atoms with E-state index in [0.717, 1.165) is 4.47 Å². The third kappa shape index (κ3) is 3.75. The number of hydrogen-bond donors (Lipinski definition) is 2. The van der Waals surface area contributed by atoms with Crippen LogP contribution < -0.4 is 15.8 Å². The SMILES string of the molecule is O=C(Nc1ccc2oc(=O)[nH]c2c1)c1cccnc1Oc1ccc(Br)cc1. The number of pyridine rings is 1. The van der Waals surface area contributed by atoms with Crippen molar-refractivity contribution in [1.29, 1.82) is 0 Å². The summed E-state index contributed by atoms with van der Waals surface area (Å²) in [5.41, 5.74) is 1.69. The normalized spacial score (nSPS) is 10.7. The second-order valence-electron chi connectivity index (χ2n) is 5.59. The second kappa shape index (κ2) is 7.08. The van der Waals surface area contributed by atoms with Gasteiger partial charge in [0.15, 0.2) is 5.58 Å². The topological polar surface area (TPSA) is 97.2 Å². The van der Waals surface area contributed by atoms with Crippen LogP contribution in [0.5, 0.6) is 11.6 Å². The van der Waals surface area contributed by atoms with Crippen molar-refractivity contribution < 1.29 is 13.9 Å². The molecule has 0 saturated carbocycles. The first kappa shape index (κ1) is 17.0. The summed E-state index contributed by atoms with van der Waals surface area (Å²) < 4.78 is 11.6. The number of carbonyl (C=O) groups excluding carboxylic acids is 1. The van der Waals surface area contributed by atoms with Crippen LogP contribution in [0.1, 0.15) is 10.4 Å². The Kier molecular flexibility index (Phi) is 4.47. The molecule has 0 bridgehead atoms. The zero-order chi connectivity index (χ0) is 18.8. The van der Waals surface area contributed by atoms with Crippen LogP contribution in [-0.4, -0.2) is 15.9 Å². The molecule has 0 aliphatic carbocycles. The lowest BCUT2D eigenvalue weighted by Gasteiger charge is -2.10. The van der Waals surface area contributed by atoms with E-state index in [2.05, 4.69) is 31.2 Å². The molecule has 8 heteroatoms. The third-order valence-corrected chi connectivity index (χ3v) is 4.25. The Morgan fingerprint density at radius 3 is 2.78 bits per heavy atom. The van der Waals surface area contributed by atoms with Crippen molar-refractivity contribution in [2.45, 2.75) is 0 Å². The lowest BCUT2D eigenvalue weighted by Crippen LogP contribution is -2.13. The van der Waals surface area contributed by atoms with Crippen molar-refractivity contribution in [3.05, 3.63) is 81.4 Å². The summed E-state index contributed by atoms with van der Waals surface area (Å²) in [5.74, 6) is -0.190. The molecule has 0 radical (unpaired) electrons.